The summed E-state index contributed by atoms with van der Waals surface area (Å²) in [6.07, 6.45) is 0. The molecule has 2 rings (SSSR count). The van der Waals surface area contributed by atoms with Crippen molar-refractivity contribution in [3.05, 3.63) is 23.8 Å². The van der Waals surface area contributed by atoms with E-state index in [1.54, 1.807) is 36.9 Å². The molecule has 0 saturated carbocycles. The van der Waals surface area contributed by atoms with Crippen molar-refractivity contribution in [2.24, 2.45) is 0 Å². The molecule has 0 radical (unpaired) electrons. The van der Waals surface area contributed by atoms with Crippen LogP contribution in [-0.4, -0.2) is 29.7 Å². The first kappa shape index (κ1) is 14.0. The first-order valence-electron chi connectivity index (χ1n) is 6.26. The van der Waals surface area contributed by atoms with Gasteiger partial charge in [0.15, 0.2) is 5.78 Å². The lowest BCUT2D eigenvalue weighted by Gasteiger charge is -2.41. The van der Waals surface area contributed by atoms with E-state index >= 15 is 0 Å². The highest BCUT2D eigenvalue weighted by Crippen LogP contribution is 2.29. The number of hydrogen-bond acceptors (Lipinski definition) is 5. The minimum Gasteiger partial charge on any atom is -0.398 e. The molecule has 0 bridgehead atoms. The van der Waals surface area contributed by atoms with Crippen LogP contribution < -0.4 is 16.0 Å². The number of hydrogen-bond donors (Lipinski definition) is 2. The van der Waals surface area contributed by atoms with Gasteiger partial charge in [0.25, 0.3) is 5.91 Å². The van der Waals surface area contributed by atoms with Crippen LogP contribution >= 0.6 is 0 Å². The Kier molecular flexibility index (Phi) is 3.25. The van der Waals surface area contributed by atoms with Crippen molar-refractivity contribution in [1.82, 2.24) is 5.32 Å². The van der Waals surface area contributed by atoms with Gasteiger partial charge in [-0.3, -0.25) is 19.7 Å². The van der Waals surface area contributed by atoms with Gasteiger partial charge in [0, 0.05) is 16.9 Å². The maximum atomic E-state index is 11.9. The summed E-state index contributed by atoms with van der Waals surface area (Å²) in [5, 5.41) is 2.31. The van der Waals surface area contributed by atoms with Crippen molar-refractivity contribution in [1.29, 1.82) is 0 Å². The van der Waals surface area contributed by atoms with Gasteiger partial charge in [0.2, 0.25) is 5.91 Å². The average Bonchev–Trinajstić information content (AvgIpc) is 2.34. The molecule has 0 aromatic heterocycles. The van der Waals surface area contributed by atoms with Crippen LogP contribution in [0.1, 0.15) is 31.1 Å². The molecular formula is C14H17N3O3. The molecule has 106 valence electrons. The number of nitrogens with two attached hydrogens (primary N) is 1. The van der Waals surface area contributed by atoms with Crippen molar-refractivity contribution < 1.29 is 14.4 Å². The second-order valence-electron chi connectivity index (χ2n) is 5.35. The summed E-state index contributed by atoms with van der Waals surface area (Å²) in [7, 11) is 0. The smallest absolute Gasteiger partial charge is 0.251 e. The Morgan fingerprint density at radius 1 is 1.35 bits per heavy atom. The minimum absolute atomic E-state index is 0.0556. The van der Waals surface area contributed by atoms with Gasteiger partial charge in [-0.2, -0.15) is 0 Å². The third-order valence-corrected chi connectivity index (χ3v) is 3.51. The number of Topliss-reactive ketones (excluding diaryl/α,β-unsaturated/α-hetero) is 1. The van der Waals surface area contributed by atoms with Crippen molar-refractivity contribution in [2.75, 3.05) is 17.2 Å². The molecule has 1 aliphatic heterocycles. The summed E-state index contributed by atoms with van der Waals surface area (Å²) in [6.45, 7) is 4.92. The molecule has 1 aromatic carbocycles. The van der Waals surface area contributed by atoms with E-state index in [9.17, 15) is 14.4 Å². The van der Waals surface area contributed by atoms with Gasteiger partial charge in [-0.1, -0.05) is 0 Å². The SMILES string of the molecule is CC(=O)c1cc(N2CC(=O)NC(=O)C2(C)C)ccc1N. The molecule has 0 atom stereocenters. The molecule has 1 fully saturated rings. The van der Waals surface area contributed by atoms with Crippen LogP contribution in [0.5, 0.6) is 0 Å². The second kappa shape index (κ2) is 4.63. The van der Waals surface area contributed by atoms with E-state index in [1.807, 2.05) is 0 Å². The molecule has 20 heavy (non-hydrogen) atoms. The summed E-state index contributed by atoms with van der Waals surface area (Å²) in [5.41, 5.74) is 6.27. The predicted molar refractivity (Wildman–Crippen MR) is 75.4 cm³/mol. The van der Waals surface area contributed by atoms with E-state index < -0.39 is 5.54 Å². The molecule has 2 amide bonds. The zero-order valence-corrected chi connectivity index (χ0v) is 11.7. The number of piperazine rings is 1. The summed E-state index contributed by atoms with van der Waals surface area (Å²) >= 11 is 0. The van der Waals surface area contributed by atoms with Crippen LogP contribution in [-0.2, 0) is 9.59 Å². The van der Waals surface area contributed by atoms with E-state index in [4.69, 9.17) is 5.73 Å². The average molecular weight is 275 g/mol. The van der Waals surface area contributed by atoms with Crippen LogP contribution in [0, 0.1) is 0 Å². The Bertz CT molecular complexity index is 608. The van der Waals surface area contributed by atoms with Gasteiger partial charge in [-0.15, -0.1) is 0 Å². The Morgan fingerprint density at radius 2 is 2.00 bits per heavy atom. The van der Waals surface area contributed by atoms with E-state index in [0.29, 0.717) is 16.9 Å². The Morgan fingerprint density at radius 3 is 2.60 bits per heavy atom. The number of amides is 2. The molecule has 1 aliphatic rings. The molecular weight excluding hydrogens is 258 g/mol. The van der Waals surface area contributed by atoms with Gasteiger partial charge >= 0.3 is 0 Å². The Balaban J connectivity index is 2.49. The molecule has 3 N–H and O–H groups in total. The monoisotopic (exact) mass is 275 g/mol. The largest absolute Gasteiger partial charge is 0.398 e. The number of carbonyl (C=O) groups excluding carboxylic acids is 3. The summed E-state index contributed by atoms with van der Waals surface area (Å²) in [4.78, 5) is 36.7. The third-order valence-electron chi connectivity index (χ3n) is 3.51. The zero-order valence-electron chi connectivity index (χ0n) is 11.7. The molecule has 6 nitrogen and oxygen atoms in total. The third kappa shape index (κ3) is 2.24. The summed E-state index contributed by atoms with van der Waals surface area (Å²) in [5.74, 6) is -0.889. The summed E-state index contributed by atoms with van der Waals surface area (Å²) in [6, 6.07) is 4.93. The minimum atomic E-state index is -0.877. The fourth-order valence-corrected chi connectivity index (χ4v) is 2.21. The molecule has 0 unspecified atom stereocenters. The number of nitrogens with zero attached hydrogens (tertiary/aromatic N) is 1. The topological polar surface area (TPSA) is 92.5 Å². The fourth-order valence-electron chi connectivity index (χ4n) is 2.21. The number of imide groups is 1. The van der Waals surface area contributed by atoms with E-state index in [-0.39, 0.29) is 24.1 Å². The number of nitrogen functional groups attached to an aromatic ring is 1. The highest BCUT2D eigenvalue weighted by Gasteiger charge is 2.41. The molecule has 1 saturated heterocycles. The van der Waals surface area contributed by atoms with E-state index in [0.717, 1.165) is 0 Å². The van der Waals surface area contributed by atoms with Crippen LogP contribution in [0.4, 0.5) is 11.4 Å². The number of nitrogens with one attached hydrogen (secondary N) is 1. The first-order valence-corrected chi connectivity index (χ1v) is 6.26. The van der Waals surface area contributed by atoms with Gasteiger partial charge in [0.1, 0.15) is 5.54 Å². The van der Waals surface area contributed by atoms with Crippen LogP contribution in [0.2, 0.25) is 0 Å². The Hall–Kier alpha value is -2.37. The van der Waals surface area contributed by atoms with Gasteiger partial charge in [-0.05, 0) is 39.0 Å². The highest BCUT2D eigenvalue weighted by molar-refractivity contribution is 6.07. The van der Waals surface area contributed by atoms with Crippen LogP contribution in [0.25, 0.3) is 0 Å². The van der Waals surface area contributed by atoms with Crippen molar-refractivity contribution in [2.45, 2.75) is 26.3 Å². The Labute approximate surface area is 116 Å². The van der Waals surface area contributed by atoms with Crippen LogP contribution in [0.3, 0.4) is 0 Å². The lowest BCUT2D eigenvalue weighted by Crippen LogP contribution is -2.64. The van der Waals surface area contributed by atoms with E-state index in [1.165, 1.54) is 6.92 Å². The van der Waals surface area contributed by atoms with Crippen molar-refractivity contribution in [3.8, 4) is 0 Å². The van der Waals surface area contributed by atoms with Gasteiger partial charge in [-0.25, -0.2) is 0 Å². The number of carbonyl (C=O) groups is 3. The van der Waals surface area contributed by atoms with Crippen molar-refractivity contribution in [3.63, 3.8) is 0 Å². The van der Waals surface area contributed by atoms with Gasteiger partial charge in [0.05, 0.1) is 6.54 Å². The normalized spacial score (nSPS) is 17.9. The molecule has 1 aromatic rings. The second-order valence-corrected chi connectivity index (χ2v) is 5.35. The number of anilines is 2. The van der Waals surface area contributed by atoms with E-state index in [2.05, 4.69) is 5.32 Å². The summed E-state index contributed by atoms with van der Waals surface area (Å²) < 4.78 is 0. The number of benzene rings is 1. The number of ketones is 1. The van der Waals surface area contributed by atoms with Gasteiger partial charge < -0.3 is 10.6 Å². The number of rotatable bonds is 2. The van der Waals surface area contributed by atoms with Crippen molar-refractivity contribution >= 4 is 29.0 Å². The fraction of sp³-hybridized carbons (Fsp3) is 0.357. The highest BCUT2D eigenvalue weighted by atomic mass is 16.2. The lowest BCUT2D eigenvalue weighted by molar-refractivity contribution is -0.135. The van der Waals surface area contributed by atoms with Crippen LogP contribution in [0.15, 0.2) is 18.2 Å². The quantitative estimate of drug-likeness (QED) is 0.471. The molecule has 0 aliphatic carbocycles. The predicted octanol–water partition coefficient (Wildman–Crippen LogP) is 0.713. The lowest BCUT2D eigenvalue weighted by atomic mass is 9.96. The zero-order chi connectivity index (χ0) is 15.1. The maximum absolute atomic E-state index is 11.9. The molecule has 0 spiro atoms. The molecule has 6 heteroatoms. The molecule has 1 heterocycles. The first-order chi connectivity index (χ1) is 9.23. The maximum Gasteiger partial charge on any atom is 0.251 e. The standard InChI is InChI=1S/C14H17N3O3/c1-8(18)10-6-9(4-5-11(10)15)17-7-12(19)16-13(20)14(17,2)3/h4-6H,7,15H2,1-3H3,(H,16,19,20).